The third-order valence-electron chi connectivity index (χ3n) is 8.33. The largest absolute Gasteiger partial charge is 0.497 e. The van der Waals surface area contributed by atoms with E-state index in [1.165, 1.54) is 32.9 Å². The van der Waals surface area contributed by atoms with E-state index in [4.69, 9.17) is 14.2 Å². The van der Waals surface area contributed by atoms with Crippen LogP contribution in [0.25, 0.3) is 0 Å². The van der Waals surface area contributed by atoms with Gasteiger partial charge in [-0.1, -0.05) is 70.5 Å². The van der Waals surface area contributed by atoms with Gasteiger partial charge in [-0.05, 0) is 79.9 Å². The standard InChI is InChI=1S/C35H34BrF3N2O3/c1-32(2)35(38,39)33(3,29-21-26(36)15-20-30(29)37)40-31(22-44-32)41-34(23-9-7-6-8-10-23,24-11-16-27(42-4)17-12-24)25-13-18-28(43-5)19-14-25/h6-21H,22H2,1-5H3,(H,40,41). The number of amidine groups is 1. The first-order valence-electron chi connectivity index (χ1n) is 14.1. The molecule has 1 aliphatic rings. The predicted octanol–water partition coefficient (Wildman–Crippen LogP) is 8.24. The van der Waals surface area contributed by atoms with Gasteiger partial charge in [0.05, 0.1) is 14.2 Å². The zero-order chi connectivity index (χ0) is 31.8. The van der Waals surface area contributed by atoms with E-state index in [0.29, 0.717) is 16.0 Å². The average molecular weight is 668 g/mol. The molecule has 0 amide bonds. The molecule has 0 saturated heterocycles. The number of ether oxygens (including phenoxy) is 3. The van der Waals surface area contributed by atoms with Crippen molar-refractivity contribution < 1.29 is 27.4 Å². The van der Waals surface area contributed by atoms with Crippen LogP contribution in [0.4, 0.5) is 13.2 Å². The normalized spacial score (nSPS) is 19.4. The zero-order valence-corrected chi connectivity index (χ0v) is 26.7. The Labute approximate surface area is 264 Å². The molecule has 5 nitrogen and oxygen atoms in total. The fraction of sp³-hybridized carbons (Fsp3) is 0.286. The summed E-state index contributed by atoms with van der Waals surface area (Å²) < 4.78 is 65.8. The molecule has 1 heterocycles. The highest BCUT2D eigenvalue weighted by atomic mass is 79.9. The highest BCUT2D eigenvalue weighted by molar-refractivity contribution is 9.10. The van der Waals surface area contributed by atoms with E-state index in [9.17, 15) is 0 Å². The summed E-state index contributed by atoms with van der Waals surface area (Å²) in [5.74, 6) is -3.00. The molecular weight excluding hydrogens is 633 g/mol. The lowest BCUT2D eigenvalue weighted by Crippen LogP contribution is -2.56. The van der Waals surface area contributed by atoms with E-state index in [2.05, 4.69) is 26.2 Å². The minimum atomic E-state index is -3.62. The SMILES string of the molecule is COc1ccc(C(NC2=NC(C)(c3cc(Br)ccc3F)C(F)(F)C(C)(C)OC2)(c2ccccc2)c2ccc(OC)cc2)cc1. The van der Waals surface area contributed by atoms with Crippen molar-refractivity contribution in [3.05, 3.63) is 130 Å². The van der Waals surface area contributed by atoms with Gasteiger partial charge in [0.2, 0.25) is 0 Å². The molecular formula is C35H34BrF3N2O3. The molecule has 1 unspecified atom stereocenters. The van der Waals surface area contributed by atoms with Gasteiger partial charge in [-0.2, -0.15) is 0 Å². The van der Waals surface area contributed by atoms with Crippen LogP contribution in [-0.4, -0.2) is 38.2 Å². The van der Waals surface area contributed by atoms with E-state index in [-0.39, 0.29) is 18.0 Å². The van der Waals surface area contributed by atoms with Crippen LogP contribution in [-0.2, 0) is 15.8 Å². The number of nitrogens with zero attached hydrogens (tertiary/aromatic N) is 1. The summed E-state index contributed by atoms with van der Waals surface area (Å²) in [6, 6.07) is 28.6. The first-order chi connectivity index (χ1) is 20.9. The van der Waals surface area contributed by atoms with Gasteiger partial charge in [0, 0.05) is 10.0 Å². The molecule has 1 aliphatic heterocycles. The van der Waals surface area contributed by atoms with Crippen molar-refractivity contribution in [2.75, 3.05) is 20.8 Å². The minimum absolute atomic E-state index is 0.118. The van der Waals surface area contributed by atoms with E-state index < -0.39 is 28.4 Å². The summed E-state index contributed by atoms with van der Waals surface area (Å²) in [6.07, 6.45) is 0. The maximum atomic E-state index is 16.6. The Morgan fingerprint density at radius 3 is 1.84 bits per heavy atom. The van der Waals surface area contributed by atoms with Crippen molar-refractivity contribution in [2.24, 2.45) is 4.99 Å². The fourth-order valence-electron chi connectivity index (χ4n) is 5.77. The molecule has 9 heteroatoms. The van der Waals surface area contributed by atoms with Crippen LogP contribution >= 0.6 is 15.9 Å². The molecule has 1 N–H and O–H groups in total. The van der Waals surface area contributed by atoms with Gasteiger partial charge < -0.3 is 19.5 Å². The quantitative estimate of drug-likeness (QED) is 0.202. The van der Waals surface area contributed by atoms with Crippen molar-refractivity contribution in [3.63, 3.8) is 0 Å². The summed E-state index contributed by atoms with van der Waals surface area (Å²) in [7, 11) is 3.17. The van der Waals surface area contributed by atoms with E-state index in [1.54, 1.807) is 14.2 Å². The molecule has 0 radical (unpaired) electrons. The number of halogens is 4. The molecule has 230 valence electrons. The summed E-state index contributed by atoms with van der Waals surface area (Å²) in [6.45, 7) is 3.57. The minimum Gasteiger partial charge on any atom is -0.497 e. The number of hydrogen-bond donors (Lipinski definition) is 1. The topological polar surface area (TPSA) is 52.1 Å². The number of hydrogen-bond acceptors (Lipinski definition) is 5. The Kier molecular flexibility index (Phi) is 8.57. The first kappa shape index (κ1) is 31.6. The van der Waals surface area contributed by atoms with Crippen LogP contribution in [0.2, 0.25) is 0 Å². The molecule has 5 rings (SSSR count). The smallest absolute Gasteiger partial charge is 0.304 e. The van der Waals surface area contributed by atoms with Crippen LogP contribution in [0.1, 0.15) is 43.0 Å². The lowest BCUT2D eigenvalue weighted by molar-refractivity contribution is -0.214. The van der Waals surface area contributed by atoms with Crippen molar-refractivity contribution in [1.82, 2.24) is 5.32 Å². The highest BCUT2D eigenvalue weighted by Gasteiger charge is 2.64. The molecule has 0 spiro atoms. The second-order valence-corrected chi connectivity index (χ2v) is 12.2. The molecule has 4 aromatic rings. The second kappa shape index (κ2) is 11.9. The maximum absolute atomic E-state index is 16.6. The van der Waals surface area contributed by atoms with E-state index >= 15 is 13.2 Å². The molecule has 0 saturated carbocycles. The van der Waals surface area contributed by atoms with Gasteiger partial charge in [0.15, 0.2) is 5.54 Å². The van der Waals surface area contributed by atoms with Crippen molar-refractivity contribution in [1.29, 1.82) is 0 Å². The second-order valence-electron chi connectivity index (χ2n) is 11.3. The summed E-state index contributed by atoms with van der Waals surface area (Å²) >= 11 is 3.32. The van der Waals surface area contributed by atoms with Crippen LogP contribution in [0.15, 0.2) is 107 Å². The fourth-order valence-corrected chi connectivity index (χ4v) is 6.13. The van der Waals surface area contributed by atoms with Crippen LogP contribution in [0, 0.1) is 5.82 Å². The molecule has 4 aromatic carbocycles. The summed E-state index contributed by atoms with van der Waals surface area (Å²) in [5.41, 5.74) is -3.38. The van der Waals surface area contributed by atoms with Gasteiger partial charge in [-0.15, -0.1) is 0 Å². The van der Waals surface area contributed by atoms with E-state index in [0.717, 1.165) is 22.8 Å². The monoisotopic (exact) mass is 666 g/mol. The molecule has 44 heavy (non-hydrogen) atoms. The average Bonchev–Trinajstić information content (AvgIpc) is 3.09. The van der Waals surface area contributed by atoms with Gasteiger partial charge in [0.1, 0.15) is 40.9 Å². The van der Waals surface area contributed by atoms with E-state index in [1.807, 2.05) is 78.9 Å². The van der Waals surface area contributed by atoms with Crippen LogP contribution < -0.4 is 14.8 Å². The zero-order valence-electron chi connectivity index (χ0n) is 25.1. The Bertz CT molecular complexity index is 1600. The van der Waals surface area contributed by atoms with Gasteiger partial charge in [-0.3, -0.25) is 4.99 Å². The number of alkyl halides is 2. The first-order valence-corrected chi connectivity index (χ1v) is 14.9. The lowest BCUT2D eigenvalue weighted by Gasteiger charge is -2.42. The number of aliphatic imine (C=N–C) groups is 1. The maximum Gasteiger partial charge on any atom is 0.304 e. The summed E-state index contributed by atoms with van der Waals surface area (Å²) in [5, 5.41) is 3.54. The Balaban J connectivity index is 1.80. The van der Waals surface area contributed by atoms with Crippen LogP contribution in [0.5, 0.6) is 11.5 Å². The van der Waals surface area contributed by atoms with Crippen molar-refractivity contribution in [3.8, 4) is 11.5 Å². The van der Waals surface area contributed by atoms with Crippen molar-refractivity contribution >= 4 is 21.8 Å². The third-order valence-corrected chi connectivity index (χ3v) is 8.83. The molecule has 1 atom stereocenters. The highest BCUT2D eigenvalue weighted by Crippen LogP contribution is 2.51. The molecule has 0 fully saturated rings. The molecule has 0 aromatic heterocycles. The summed E-state index contributed by atoms with van der Waals surface area (Å²) in [4.78, 5) is 4.68. The van der Waals surface area contributed by atoms with Gasteiger partial charge in [0.25, 0.3) is 0 Å². The number of rotatable bonds is 7. The Morgan fingerprint density at radius 1 is 0.795 bits per heavy atom. The Morgan fingerprint density at radius 2 is 1.32 bits per heavy atom. The number of methoxy groups -OCH3 is 2. The molecule has 0 bridgehead atoms. The third kappa shape index (κ3) is 5.37. The number of benzene rings is 4. The van der Waals surface area contributed by atoms with Gasteiger partial charge in [-0.25, -0.2) is 13.2 Å². The van der Waals surface area contributed by atoms with Gasteiger partial charge >= 0.3 is 5.92 Å². The lowest BCUT2D eigenvalue weighted by atomic mass is 9.76. The molecule has 0 aliphatic carbocycles. The van der Waals surface area contributed by atoms with Crippen molar-refractivity contribution in [2.45, 2.75) is 43.4 Å². The number of nitrogens with one attached hydrogen (secondary N) is 1. The Hall–Kier alpha value is -3.82. The predicted molar refractivity (Wildman–Crippen MR) is 169 cm³/mol. The van der Waals surface area contributed by atoms with Crippen LogP contribution in [0.3, 0.4) is 0 Å².